The molecule has 0 aliphatic heterocycles. The van der Waals surface area contributed by atoms with Crippen LogP contribution in [0.4, 0.5) is 0 Å². The Kier molecular flexibility index (Phi) is 5.21. The molecule has 7 heavy (non-hydrogen) atoms. The van der Waals surface area contributed by atoms with E-state index in [1.165, 1.54) is 0 Å². The quantitative estimate of drug-likeness (QED) is 0.437. The molecule has 39 valence electrons. The van der Waals surface area contributed by atoms with E-state index in [0.29, 0.717) is 0 Å². The van der Waals surface area contributed by atoms with Crippen LogP contribution in [0.1, 0.15) is 26.7 Å². The summed E-state index contributed by atoms with van der Waals surface area (Å²) in [5.41, 5.74) is 0. The topological polar surface area (TPSA) is 0 Å². The Morgan fingerprint density at radius 2 is 2.14 bits per heavy atom. The van der Waals surface area contributed by atoms with Crippen molar-refractivity contribution >= 4 is 0 Å². The summed E-state index contributed by atoms with van der Waals surface area (Å²) < 4.78 is 0. The van der Waals surface area contributed by atoms with E-state index in [9.17, 15) is 0 Å². The summed E-state index contributed by atoms with van der Waals surface area (Å²) in [6.45, 7) is 4.14. The first-order chi connectivity index (χ1) is 3.41. The van der Waals surface area contributed by atoms with E-state index in [0.717, 1.165) is 12.8 Å². The SMILES string of the molecule is CCC#C[CH]CC. The van der Waals surface area contributed by atoms with Gasteiger partial charge in [0.25, 0.3) is 0 Å². The zero-order chi connectivity index (χ0) is 5.54. The molecule has 0 aliphatic carbocycles. The largest absolute Gasteiger partial charge is 0.103 e. The van der Waals surface area contributed by atoms with Crippen molar-refractivity contribution in [2.75, 3.05) is 0 Å². The van der Waals surface area contributed by atoms with Gasteiger partial charge in [0.1, 0.15) is 0 Å². The highest BCUT2D eigenvalue weighted by atomic mass is 13.7. The van der Waals surface area contributed by atoms with Gasteiger partial charge in [0.2, 0.25) is 0 Å². The van der Waals surface area contributed by atoms with Gasteiger partial charge < -0.3 is 0 Å². The Morgan fingerprint density at radius 1 is 1.43 bits per heavy atom. The van der Waals surface area contributed by atoms with Crippen LogP contribution in [0.2, 0.25) is 0 Å². The van der Waals surface area contributed by atoms with Gasteiger partial charge in [-0.2, -0.15) is 0 Å². The minimum atomic E-state index is 0.969. The summed E-state index contributed by atoms with van der Waals surface area (Å²) >= 11 is 0. The van der Waals surface area contributed by atoms with Gasteiger partial charge in [-0.05, 0) is 6.42 Å². The lowest BCUT2D eigenvalue weighted by molar-refractivity contribution is 1.16. The highest BCUT2D eigenvalue weighted by Crippen LogP contribution is 1.79. The zero-order valence-corrected chi connectivity index (χ0v) is 4.99. The second-order valence-corrected chi connectivity index (χ2v) is 1.29. The van der Waals surface area contributed by atoms with Crippen molar-refractivity contribution in [2.24, 2.45) is 0 Å². The Hall–Kier alpha value is -0.440. The molecule has 0 unspecified atom stereocenters. The molecule has 0 atom stereocenters. The van der Waals surface area contributed by atoms with Crippen molar-refractivity contribution in [1.29, 1.82) is 0 Å². The molecule has 0 aromatic carbocycles. The third kappa shape index (κ3) is 5.56. The van der Waals surface area contributed by atoms with Gasteiger partial charge in [-0.15, -0.1) is 5.92 Å². The molecule has 0 saturated carbocycles. The van der Waals surface area contributed by atoms with Crippen molar-refractivity contribution in [3.05, 3.63) is 6.42 Å². The van der Waals surface area contributed by atoms with Crippen LogP contribution >= 0.6 is 0 Å². The number of hydrogen-bond acceptors (Lipinski definition) is 0. The molecular formula is C7H11. The van der Waals surface area contributed by atoms with Gasteiger partial charge in [-0.1, -0.05) is 19.8 Å². The molecule has 0 amide bonds. The van der Waals surface area contributed by atoms with Crippen molar-refractivity contribution in [3.63, 3.8) is 0 Å². The minimum absolute atomic E-state index is 0.969. The van der Waals surface area contributed by atoms with Crippen LogP contribution in [0.3, 0.4) is 0 Å². The van der Waals surface area contributed by atoms with E-state index in [-0.39, 0.29) is 0 Å². The maximum atomic E-state index is 2.94. The second-order valence-electron chi connectivity index (χ2n) is 1.29. The first-order valence-electron chi connectivity index (χ1n) is 2.71. The fraction of sp³-hybridized carbons (Fsp3) is 0.571. The standard InChI is InChI=1S/C7H11/c1-3-5-7-6-4-2/h5H,3-4H2,1-2H3. The van der Waals surface area contributed by atoms with Crippen LogP contribution in [0, 0.1) is 18.3 Å². The smallest absolute Gasteiger partial charge is 0.0337 e. The van der Waals surface area contributed by atoms with Crippen molar-refractivity contribution in [1.82, 2.24) is 0 Å². The lowest BCUT2D eigenvalue weighted by Gasteiger charge is -1.73. The molecule has 0 heteroatoms. The molecule has 0 aliphatic rings. The molecule has 0 heterocycles. The predicted molar refractivity (Wildman–Crippen MR) is 32.7 cm³/mol. The summed E-state index contributed by atoms with van der Waals surface area (Å²) in [6.07, 6.45) is 4.01. The lowest BCUT2D eigenvalue weighted by Crippen LogP contribution is -1.61. The van der Waals surface area contributed by atoms with E-state index in [4.69, 9.17) is 0 Å². The molecule has 0 spiro atoms. The van der Waals surface area contributed by atoms with Gasteiger partial charge in [-0.25, -0.2) is 0 Å². The van der Waals surface area contributed by atoms with Crippen LogP contribution in [0.5, 0.6) is 0 Å². The minimum Gasteiger partial charge on any atom is -0.103 e. The zero-order valence-electron chi connectivity index (χ0n) is 4.99. The van der Waals surface area contributed by atoms with Crippen molar-refractivity contribution in [3.8, 4) is 11.8 Å². The molecule has 0 bridgehead atoms. The number of unbranched alkanes of at least 4 members (excludes halogenated alkanes) is 1. The summed E-state index contributed by atoms with van der Waals surface area (Å²) in [5.74, 6) is 5.85. The Labute approximate surface area is 45.9 Å². The fourth-order valence-electron chi connectivity index (χ4n) is 0.276. The molecule has 0 fully saturated rings. The molecule has 0 aromatic heterocycles. The van der Waals surface area contributed by atoms with E-state index >= 15 is 0 Å². The van der Waals surface area contributed by atoms with Gasteiger partial charge in [-0.3, -0.25) is 0 Å². The van der Waals surface area contributed by atoms with Gasteiger partial charge in [0.05, 0.1) is 0 Å². The molecule has 0 rings (SSSR count). The first-order valence-corrected chi connectivity index (χ1v) is 2.71. The Morgan fingerprint density at radius 3 is 2.57 bits per heavy atom. The van der Waals surface area contributed by atoms with E-state index in [2.05, 4.69) is 25.7 Å². The van der Waals surface area contributed by atoms with Crippen LogP contribution in [0.25, 0.3) is 0 Å². The van der Waals surface area contributed by atoms with E-state index in [1.54, 1.807) is 0 Å². The number of hydrogen-bond donors (Lipinski definition) is 0. The third-order valence-electron chi connectivity index (χ3n) is 0.585. The summed E-state index contributed by atoms with van der Waals surface area (Å²) in [5, 5.41) is 0. The summed E-state index contributed by atoms with van der Waals surface area (Å²) in [6, 6.07) is 0. The van der Waals surface area contributed by atoms with Crippen LogP contribution < -0.4 is 0 Å². The maximum absolute atomic E-state index is 2.94. The predicted octanol–water partition coefficient (Wildman–Crippen LogP) is 2.01. The molecule has 0 aromatic rings. The monoisotopic (exact) mass is 95.1 g/mol. The maximum Gasteiger partial charge on any atom is 0.0337 e. The molecule has 0 N–H and O–H groups in total. The third-order valence-corrected chi connectivity index (χ3v) is 0.585. The van der Waals surface area contributed by atoms with Crippen LogP contribution in [0.15, 0.2) is 0 Å². The number of rotatable bonds is 1. The van der Waals surface area contributed by atoms with Crippen molar-refractivity contribution < 1.29 is 0 Å². The van der Waals surface area contributed by atoms with Gasteiger partial charge in [0, 0.05) is 12.8 Å². The van der Waals surface area contributed by atoms with Crippen molar-refractivity contribution in [2.45, 2.75) is 26.7 Å². The Bertz CT molecular complexity index is 71.8. The van der Waals surface area contributed by atoms with Crippen LogP contribution in [-0.4, -0.2) is 0 Å². The lowest BCUT2D eigenvalue weighted by atomic mass is 10.3. The van der Waals surface area contributed by atoms with Gasteiger partial charge >= 0.3 is 0 Å². The van der Waals surface area contributed by atoms with Crippen LogP contribution in [-0.2, 0) is 0 Å². The fourth-order valence-corrected chi connectivity index (χ4v) is 0.276. The average Bonchev–Trinajstić information content (AvgIpc) is 1.69. The average molecular weight is 95.2 g/mol. The highest BCUT2D eigenvalue weighted by molar-refractivity contribution is 5.08. The summed E-state index contributed by atoms with van der Waals surface area (Å²) in [7, 11) is 0. The first kappa shape index (κ1) is 6.56. The van der Waals surface area contributed by atoms with E-state index in [1.807, 2.05) is 6.42 Å². The molecule has 1 radical (unpaired) electrons. The molecular weight excluding hydrogens is 84.1 g/mol. The van der Waals surface area contributed by atoms with Gasteiger partial charge in [0.15, 0.2) is 0 Å². The highest BCUT2D eigenvalue weighted by Gasteiger charge is 1.66. The normalized spacial score (nSPS) is 7.14. The second kappa shape index (κ2) is 5.56. The molecule has 0 nitrogen and oxygen atoms in total. The summed E-state index contributed by atoms with van der Waals surface area (Å²) in [4.78, 5) is 0. The molecule has 0 saturated heterocycles. The van der Waals surface area contributed by atoms with E-state index < -0.39 is 0 Å². The Balaban J connectivity index is 2.91.